The van der Waals surface area contributed by atoms with Gasteiger partial charge in [-0.15, -0.1) is 0 Å². The van der Waals surface area contributed by atoms with E-state index >= 15 is 0 Å². The Morgan fingerprint density at radius 2 is 2.00 bits per heavy atom. The molecule has 0 spiro atoms. The van der Waals surface area contributed by atoms with Crippen molar-refractivity contribution in [1.29, 1.82) is 0 Å². The van der Waals surface area contributed by atoms with Crippen LogP contribution in [0.3, 0.4) is 0 Å². The summed E-state index contributed by atoms with van der Waals surface area (Å²) >= 11 is 0. The second-order valence-electron chi connectivity index (χ2n) is 4.06. The molecule has 0 radical (unpaired) electrons. The van der Waals surface area contributed by atoms with E-state index in [1.54, 1.807) is 0 Å². The Balaban J connectivity index is 2.10. The summed E-state index contributed by atoms with van der Waals surface area (Å²) in [5, 5.41) is 5.13. The van der Waals surface area contributed by atoms with Crippen molar-refractivity contribution in [3.63, 3.8) is 0 Å². The molecule has 0 aromatic rings. The summed E-state index contributed by atoms with van der Waals surface area (Å²) in [6.45, 7) is 3.83. The van der Waals surface area contributed by atoms with Gasteiger partial charge in [-0.2, -0.15) is 0 Å². The minimum atomic E-state index is -0.330. The fraction of sp³-hybridized carbons (Fsp3) is 0.778. The highest BCUT2D eigenvalue weighted by Gasteiger charge is 2.33. The number of nitrogens with two attached hydrogens (primary N) is 1. The van der Waals surface area contributed by atoms with Gasteiger partial charge in [0.05, 0.1) is 26.3 Å². The molecular formula is C9H17N3O3. The monoisotopic (exact) mass is 215 g/mol. The third-order valence-corrected chi connectivity index (χ3v) is 2.24. The highest BCUT2D eigenvalue weighted by Crippen LogP contribution is 2.24. The Morgan fingerprint density at radius 3 is 2.47 bits per heavy atom. The highest BCUT2D eigenvalue weighted by atomic mass is 16.5. The first-order valence-electron chi connectivity index (χ1n) is 4.87. The zero-order valence-electron chi connectivity index (χ0n) is 8.84. The molecule has 0 unspecified atom stereocenters. The van der Waals surface area contributed by atoms with Crippen LogP contribution < -0.4 is 16.4 Å². The summed E-state index contributed by atoms with van der Waals surface area (Å²) in [6, 6.07) is 0. The van der Waals surface area contributed by atoms with Crippen molar-refractivity contribution in [2.24, 2.45) is 11.1 Å². The molecule has 6 heteroatoms. The van der Waals surface area contributed by atoms with E-state index in [-0.39, 0.29) is 30.3 Å². The average molecular weight is 215 g/mol. The molecule has 1 aliphatic heterocycles. The van der Waals surface area contributed by atoms with Crippen LogP contribution >= 0.6 is 0 Å². The summed E-state index contributed by atoms with van der Waals surface area (Å²) in [4.78, 5) is 22.0. The van der Waals surface area contributed by atoms with Gasteiger partial charge in [0.2, 0.25) is 11.8 Å². The smallest absolute Gasteiger partial charge is 0.239 e. The molecule has 4 N–H and O–H groups in total. The van der Waals surface area contributed by atoms with E-state index in [1.807, 2.05) is 6.92 Å². The van der Waals surface area contributed by atoms with Crippen LogP contribution in [0.1, 0.15) is 6.92 Å². The van der Waals surface area contributed by atoms with Gasteiger partial charge in [-0.05, 0) is 0 Å². The normalized spacial score (nSPS) is 17.7. The van der Waals surface area contributed by atoms with E-state index in [0.29, 0.717) is 19.8 Å². The van der Waals surface area contributed by atoms with Crippen molar-refractivity contribution in [3.8, 4) is 0 Å². The Kier molecular flexibility index (Phi) is 4.05. The maximum Gasteiger partial charge on any atom is 0.239 e. The number of carbonyl (C=O) groups excluding carboxylic acids is 2. The largest absolute Gasteiger partial charge is 0.380 e. The Hall–Kier alpha value is -1.14. The molecule has 0 saturated carbocycles. The first-order valence-corrected chi connectivity index (χ1v) is 4.87. The lowest BCUT2D eigenvalue weighted by Gasteiger charge is -2.38. The van der Waals surface area contributed by atoms with Gasteiger partial charge in [-0.1, -0.05) is 6.92 Å². The Morgan fingerprint density at radius 1 is 1.33 bits per heavy atom. The van der Waals surface area contributed by atoms with Gasteiger partial charge in [0.1, 0.15) is 0 Å². The fourth-order valence-corrected chi connectivity index (χ4v) is 1.18. The molecule has 1 fully saturated rings. The molecule has 6 nitrogen and oxygen atoms in total. The second kappa shape index (κ2) is 5.09. The molecule has 0 aliphatic carbocycles. The van der Waals surface area contributed by atoms with Gasteiger partial charge in [0.15, 0.2) is 0 Å². The van der Waals surface area contributed by atoms with Crippen molar-refractivity contribution >= 4 is 11.8 Å². The fourth-order valence-electron chi connectivity index (χ4n) is 1.18. The summed E-state index contributed by atoms with van der Waals surface area (Å²) in [5.74, 6) is -0.534. The molecule has 1 rings (SSSR count). The van der Waals surface area contributed by atoms with Crippen LogP contribution in [0, 0.1) is 5.41 Å². The SMILES string of the molecule is CC1(CNC(=O)CNC(=O)CN)COC1. The van der Waals surface area contributed by atoms with Gasteiger partial charge >= 0.3 is 0 Å². The Labute approximate surface area is 88.5 Å². The van der Waals surface area contributed by atoms with Crippen molar-refractivity contribution in [2.75, 3.05) is 32.8 Å². The third-order valence-electron chi connectivity index (χ3n) is 2.24. The lowest BCUT2D eigenvalue weighted by molar-refractivity contribution is -0.128. The molecule has 1 heterocycles. The van der Waals surface area contributed by atoms with E-state index in [2.05, 4.69) is 10.6 Å². The van der Waals surface area contributed by atoms with Crippen LogP contribution in [-0.2, 0) is 14.3 Å². The van der Waals surface area contributed by atoms with E-state index in [0.717, 1.165) is 0 Å². The van der Waals surface area contributed by atoms with Gasteiger partial charge in [0.25, 0.3) is 0 Å². The van der Waals surface area contributed by atoms with E-state index < -0.39 is 0 Å². The number of hydrogen-bond acceptors (Lipinski definition) is 4. The zero-order chi connectivity index (χ0) is 11.3. The minimum absolute atomic E-state index is 0.0209. The first kappa shape index (κ1) is 11.9. The molecule has 0 aromatic carbocycles. The Bertz CT molecular complexity index is 251. The quantitative estimate of drug-likeness (QED) is 0.505. The number of amides is 2. The topological polar surface area (TPSA) is 93.5 Å². The molecule has 0 aromatic heterocycles. The lowest BCUT2D eigenvalue weighted by atomic mass is 9.89. The molecule has 15 heavy (non-hydrogen) atoms. The summed E-state index contributed by atoms with van der Waals surface area (Å²) in [5.41, 5.74) is 5.12. The molecule has 1 aliphatic rings. The number of ether oxygens (including phenoxy) is 1. The summed E-state index contributed by atoms with van der Waals surface area (Å²) < 4.78 is 5.05. The van der Waals surface area contributed by atoms with Gasteiger partial charge < -0.3 is 21.1 Å². The molecule has 0 atom stereocenters. The van der Waals surface area contributed by atoms with Crippen LogP contribution in [0.5, 0.6) is 0 Å². The maximum absolute atomic E-state index is 11.2. The molecule has 86 valence electrons. The number of nitrogens with one attached hydrogen (secondary N) is 2. The van der Waals surface area contributed by atoms with Gasteiger partial charge in [-0.3, -0.25) is 9.59 Å². The van der Waals surface area contributed by atoms with Crippen molar-refractivity contribution in [2.45, 2.75) is 6.92 Å². The van der Waals surface area contributed by atoms with E-state index in [9.17, 15) is 9.59 Å². The molecule has 1 saturated heterocycles. The van der Waals surface area contributed by atoms with Crippen molar-refractivity contribution in [1.82, 2.24) is 10.6 Å². The van der Waals surface area contributed by atoms with Gasteiger partial charge in [-0.25, -0.2) is 0 Å². The van der Waals surface area contributed by atoms with Crippen LogP contribution in [-0.4, -0.2) is 44.7 Å². The lowest BCUT2D eigenvalue weighted by Crippen LogP contribution is -2.50. The van der Waals surface area contributed by atoms with Crippen LogP contribution in [0.25, 0.3) is 0 Å². The van der Waals surface area contributed by atoms with Crippen molar-refractivity contribution in [3.05, 3.63) is 0 Å². The van der Waals surface area contributed by atoms with Gasteiger partial charge in [0, 0.05) is 12.0 Å². The first-order chi connectivity index (χ1) is 7.06. The number of carbonyl (C=O) groups is 2. The predicted octanol–water partition coefficient (Wildman–Crippen LogP) is -1.79. The molecule has 0 bridgehead atoms. The van der Waals surface area contributed by atoms with Crippen molar-refractivity contribution < 1.29 is 14.3 Å². The summed E-state index contributed by atoms with van der Waals surface area (Å²) in [6.07, 6.45) is 0. The third kappa shape index (κ3) is 3.85. The number of rotatable bonds is 5. The summed E-state index contributed by atoms with van der Waals surface area (Å²) in [7, 11) is 0. The van der Waals surface area contributed by atoms with Crippen LogP contribution in [0.15, 0.2) is 0 Å². The highest BCUT2D eigenvalue weighted by molar-refractivity contribution is 5.85. The number of hydrogen-bond donors (Lipinski definition) is 3. The zero-order valence-corrected chi connectivity index (χ0v) is 8.84. The average Bonchev–Trinajstić information content (AvgIpc) is 2.20. The minimum Gasteiger partial charge on any atom is -0.380 e. The molecule has 2 amide bonds. The van der Waals surface area contributed by atoms with E-state index in [1.165, 1.54) is 0 Å². The molecular weight excluding hydrogens is 198 g/mol. The maximum atomic E-state index is 11.2. The predicted molar refractivity (Wildman–Crippen MR) is 54.0 cm³/mol. The standard InChI is InChI=1S/C9H17N3O3/c1-9(5-15-6-9)4-12-8(14)3-11-7(13)2-10/h2-6,10H2,1H3,(H,11,13)(H,12,14). The van der Waals surface area contributed by atoms with Crippen LogP contribution in [0.4, 0.5) is 0 Å². The van der Waals surface area contributed by atoms with E-state index in [4.69, 9.17) is 10.5 Å². The van der Waals surface area contributed by atoms with Crippen LogP contribution in [0.2, 0.25) is 0 Å². The second-order valence-corrected chi connectivity index (χ2v) is 4.06.